The topological polar surface area (TPSA) is 61.8 Å². The molecule has 0 bridgehead atoms. The Morgan fingerprint density at radius 1 is 1.17 bits per heavy atom. The molecular formula is C17H21BrO5. The molecule has 1 aliphatic carbocycles. The number of halogens is 1. The molecule has 0 fully saturated rings. The molecule has 0 spiro atoms. The number of methoxy groups -OCH3 is 3. The van der Waals surface area contributed by atoms with Gasteiger partial charge in [-0.15, -0.1) is 0 Å². The molecule has 0 aliphatic heterocycles. The maximum Gasteiger partial charge on any atom is 0.320 e. The van der Waals surface area contributed by atoms with Crippen molar-refractivity contribution in [3.8, 4) is 11.5 Å². The van der Waals surface area contributed by atoms with E-state index in [-0.39, 0.29) is 5.78 Å². The van der Waals surface area contributed by atoms with Crippen LogP contribution in [-0.2, 0) is 16.0 Å². The molecule has 0 N–H and O–H groups in total. The molecule has 0 heterocycles. The highest BCUT2D eigenvalue weighted by Crippen LogP contribution is 2.45. The normalized spacial score (nSPS) is 19.4. The molecular weight excluding hydrogens is 364 g/mol. The maximum atomic E-state index is 13.0. The number of esters is 1. The number of rotatable bonds is 7. The number of Topliss-reactive ketones (excluding diaryl/α,β-unsaturated/α-hetero) is 1. The zero-order valence-corrected chi connectivity index (χ0v) is 15.2. The molecule has 1 aliphatic rings. The molecule has 1 aromatic rings. The number of fused-ring (bicyclic) bond motifs is 1. The van der Waals surface area contributed by atoms with E-state index >= 15 is 0 Å². The van der Waals surface area contributed by atoms with E-state index in [1.807, 2.05) is 0 Å². The number of benzene rings is 1. The number of hydrogen-bond acceptors (Lipinski definition) is 5. The summed E-state index contributed by atoms with van der Waals surface area (Å²) in [5.74, 6) is 0.391. The van der Waals surface area contributed by atoms with Gasteiger partial charge in [-0.25, -0.2) is 0 Å². The van der Waals surface area contributed by atoms with Crippen LogP contribution in [0.3, 0.4) is 0 Å². The van der Waals surface area contributed by atoms with Crippen molar-refractivity contribution in [2.75, 3.05) is 26.7 Å². The first-order chi connectivity index (χ1) is 11.0. The molecule has 1 aromatic carbocycles. The lowest BCUT2D eigenvalue weighted by molar-refractivity contribution is -0.149. The van der Waals surface area contributed by atoms with Crippen molar-refractivity contribution in [1.82, 2.24) is 0 Å². The van der Waals surface area contributed by atoms with Crippen molar-refractivity contribution in [2.45, 2.75) is 25.7 Å². The summed E-state index contributed by atoms with van der Waals surface area (Å²) in [6.45, 7) is 0. The third-order valence-electron chi connectivity index (χ3n) is 4.34. The summed E-state index contributed by atoms with van der Waals surface area (Å²) in [6.07, 6.45) is 2.49. The van der Waals surface area contributed by atoms with Crippen LogP contribution in [0.15, 0.2) is 12.1 Å². The van der Waals surface area contributed by atoms with Crippen molar-refractivity contribution in [3.63, 3.8) is 0 Å². The average Bonchev–Trinajstić information content (AvgIpc) is 2.85. The molecule has 0 amide bonds. The molecule has 5 nitrogen and oxygen atoms in total. The summed E-state index contributed by atoms with van der Waals surface area (Å²) in [5.41, 5.74) is 0.195. The summed E-state index contributed by atoms with van der Waals surface area (Å²) in [6, 6.07) is 3.44. The van der Waals surface area contributed by atoms with Crippen LogP contribution in [0, 0.1) is 5.41 Å². The number of carbonyl (C=O) groups is 2. The van der Waals surface area contributed by atoms with E-state index in [9.17, 15) is 9.59 Å². The SMILES string of the molecule is COC(=O)C1(CCCCBr)Cc2cc(OC)c(OC)cc2C1=O. The lowest BCUT2D eigenvalue weighted by Crippen LogP contribution is -2.38. The maximum absolute atomic E-state index is 13.0. The molecule has 2 rings (SSSR count). The predicted octanol–water partition coefficient (Wildman–Crippen LogP) is 3.17. The van der Waals surface area contributed by atoms with Gasteiger partial charge in [0.25, 0.3) is 0 Å². The minimum Gasteiger partial charge on any atom is -0.493 e. The van der Waals surface area contributed by atoms with Gasteiger partial charge < -0.3 is 14.2 Å². The molecule has 6 heteroatoms. The summed E-state index contributed by atoms with van der Waals surface area (Å²) in [5, 5.41) is 0.840. The van der Waals surface area contributed by atoms with E-state index in [0.29, 0.717) is 29.9 Å². The Morgan fingerprint density at radius 2 is 1.83 bits per heavy atom. The van der Waals surface area contributed by atoms with Crippen molar-refractivity contribution in [2.24, 2.45) is 5.41 Å². The monoisotopic (exact) mass is 384 g/mol. The summed E-state index contributed by atoms with van der Waals surface area (Å²) >= 11 is 3.38. The molecule has 1 unspecified atom stereocenters. The fourth-order valence-electron chi connectivity index (χ4n) is 3.13. The third kappa shape index (κ3) is 3.09. The number of hydrogen-bond donors (Lipinski definition) is 0. The second kappa shape index (κ2) is 7.34. The smallest absolute Gasteiger partial charge is 0.320 e. The zero-order chi connectivity index (χ0) is 17.0. The second-order valence-corrected chi connectivity index (χ2v) is 6.38. The molecule has 1 atom stereocenters. The van der Waals surface area contributed by atoms with Crippen LogP contribution < -0.4 is 9.47 Å². The Morgan fingerprint density at radius 3 is 2.39 bits per heavy atom. The summed E-state index contributed by atoms with van der Waals surface area (Å²) in [4.78, 5) is 25.4. The van der Waals surface area contributed by atoms with Gasteiger partial charge in [-0.3, -0.25) is 9.59 Å². The lowest BCUT2D eigenvalue weighted by Gasteiger charge is -2.24. The van der Waals surface area contributed by atoms with Crippen LogP contribution in [0.2, 0.25) is 0 Å². The first-order valence-electron chi connectivity index (χ1n) is 7.48. The highest BCUT2D eigenvalue weighted by Gasteiger charge is 2.52. The number of alkyl halides is 1. The largest absolute Gasteiger partial charge is 0.493 e. The van der Waals surface area contributed by atoms with E-state index in [4.69, 9.17) is 14.2 Å². The van der Waals surface area contributed by atoms with Gasteiger partial charge >= 0.3 is 5.97 Å². The van der Waals surface area contributed by atoms with Crippen molar-refractivity contribution >= 4 is 27.7 Å². The highest BCUT2D eigenvalue weighted by atomic mass is 79.9. The van der Waals surface area contributed by atoms with E-state index < -0.39 is 11.4 Å². The van der Waals surface area contributed by atoms with Gasteiger partial charge in [-0.1, -0.05) is 22.4 Å². The van der Waals surface area contributed by atoms with Gasteiger partial charge in [-0.05, 0) is 37.0 Å². The molecule has 0 saturated heterocycles. The van der Waals surface area contributed by atoms with Gasteiger partial charge in [0.15, 0.2) is 17.3 Å². The van der Waals surface area contributed by atoms with E-state index in [1.165, 1.54) is 14.2 Å². The van der Waals surface area contributed by atoms with Gasteiger partial charge in [-0.2, -0.15) is 0 Å². The number of unbranched alkanes of at least 4 members (excludes halogenated alkanes) is 1. The zero-order valence-electron chi connectivity index (χ0n) is 13.6. The van der Waals surface area contributed by atoms with Crippen LogP contribution in [0.25, 0.3) is 0 Å². The highest BCUT2D eigenvalue weighted by molar-refractivity contribution is 9.09. The Bertz CT molecular complexity index is 613. The quantitative estimate of drug-likeness (QED) is 0.312. The molecule has 0 saturated carbocycles. The number of carbonyl (C=O) groups excluding carboxylic acids is 2. The first kappa shape index (κ1) is 17.8. The summed E-state index contributed by atoms with van der Waals surface area (Å²) < 4.78 is 15.5. The molecule has 126 valence electrons. The minimum absolute atomic E-state index is 0.185. The van der Waals surface area contributed by atoms with Crippen molar-refractivity contribution in [1.29, 1.82) is 0 Å². The van der Waals surface area contributed by atoms with Gasteiger partial charge in [0.1, 0.15) is 5.41 Å². The number of ketones is 1. The fourth-order valence-corrected chi connectivity index (χ4v) is 3.52. The predicted molar refractivity (Wildman–Crippen MR) is 89.7 cm³/mol. The Balaban J connectivity index is 2.44. The van der Waals surface area contributed by atoms with Crippen molar-refractivity contribution in [3.05, 3.63) is 23.3 Å². The average molecular weight is 385 g/mol. The van der Waals surface area contributed by atoms with Crippen LogP contribution in [0.1, 0.15) is 35.2 Å². The molecule has 0 aromatic heterocycles. The summed E-state index contributed by atoms with van der Waals surface area (Å²) in [7, 11) is 4.39. The second-order valence-electron chi connectivity index (χ2n) is 5.59. The van der Waals surface area contributed by atoms with E-state index in [0.717, 1.165) is 23.7 Å². The van der Waals surface area contributed by atoms with E-state index in [1.54, 1.807) is 19.2 Å². The van der Waals surface area contributed by atoms with E-state index in [2.05, 4.69) is 15.9 Å². The van der Waals surface area contributed by atoms with Gasteiger partial charge in [0.05, 0.1) is 21.3 Å². The van der Waals surface area contributed by atoms with Gasteiger partial charge in [0.2, 0.25) is 0 Å². The molecule has 0 radical (unpaired) electrons. The van der Waals surface area contributed by atoms with Crippen LogP contribution >= 0.6 is 15.9 Å². The lowest BCUT2D eigenvalue weighted by atomic mass is 9.79. The Hall–Kier alpha value is -1.56. The standard InChI is InChI=1S/C17H21BrO5/c1-21-13-8-11-10-17(16(20)23-3,6-4-5-7-18)15(19)12(11)9-14(13)22-2/h8-9H,4-7,10H2,1-3H3. The first-order valence-corrected chi connectivity index (χ1v) is 8.60. The minimum atomic E-state index is -1.13. The van der Waals surface area contributed by atoms with Crippen LogP contribution in [0.5, 0.6) is 11.5 Å². The van der Waals surface area contributed by atoms with Crippen LogP contribution in [-0.4, -0.2) is 38.4 Å². The Labute approximate surface area is 144 Å². The van der Waals surface area contributed by atoms with Gasteiger partial charge in [0, 0.05) is 10.9 Å². The fraction of sp³-hybridized carbons (Fsp3) is 0.529. The van der Waals surface area contributed by atoms with Crippen LogP contribution in [0.4, 0.5) is 0 Å². The Kier molecular flexibility index (Phi) is 5.68. The number of ether oxygens (including phenoxy) is 3. The third-order valence-corrected chi connectivity index (χ3v) is 4.90. The van der Waals surface area contributed by atoms with Crippen molar-refractivity contribution < 1.29 is 23.8 Å². The molecule has 23 heavy (non-hydrogen) atoms.